The van der Waals surface area contributed by atoms with Gasteiger partial charge in [0.25, 0.3) is 5.91 Å². The van der Waals surface area contributed by atoms with Gasteiger partial charge in [0.05, 0.1) is 11.6 Å². The highest BCUT2D eigenvalue weighted by molar-refractivity contribution is 5.97. The molecule has 21 heavy (non-hydrogen) atoms. The van der Waals surface area contributed by atoms with Crippen LogP contribution in [0.4, 0.5) is 5.69 Å². The van der Waals surface area contributed by atoms with Gasteiger partial charge in [-0.05, 0) is 49.2 Å². The third-order valence-corrected chi connectivity index (χ3v) is 3.68. The first-order valence-corrected chi connectivity index (χ1v) is 6.82. The number of phenolic OH excluding ortho intramolecular Hbond substituents is 1. The zero-order valence-corrected chi connectivity index (χ0v) is 12.5. The van der Waals surface area contributed by atoms with Crippen LogP contribution in [0.25, 0.3) is 0 Å². The first-order chi connectivity index (χ1) is 9.90. The Morgan fingerprint density at radius 1 is 1.24 bits per heavy atom. The summed E-state index contributed by atoms with van der Waals surface area (Å²) >= 11 is 0. The fourth-order valence-corrected chi connectivity index (χ4v) is 2.23. The van der Waals surface area contributed by atoms with Gasteiger partial charge in [0.15, 0.2) is 0 Å². The van der Waals surface area contributed by atoms with Crippen molar-refractivity contribution in [3.05, 3.63) is 59.2 Å². The van der Waals surface area contributed by atoms with Crippen molar-refractivity contribution in [3.8, 4) is 5.75 Å². The van der Waals surface area contributed by atoms with Crippen LogP contribution in [0.1, 0.15) is 34.5 Å². The second-order valence-electron chi connectivity index (χ2n) is 5.28. The van der Waals surface area contributed by atoms with Crippen LogP contribution in [-0.4, -0.2) is 23.0 Å². The smallest absolute Gasteiger partial charge is 0.257 e. The minimum atomic E-state index is -0.220. The predicted molar refractivity (Wildman–Crippen MR) is 84.2 cm³/mol. The number of phenols is 1. The fourth-order valence-electron chi connectivity index (χ4n) is 2.23. The first-order valence-electron chi connectivity index (χ1n) is 6.82. The highest BCUT2D eigenvalue weighted by Crippen LogP contribution is 2.25. The van der Waals surface area contributed by atoms with Crippen molar-refractivity contribution in [2.75, 3.05) is 12.8 Å². The van der Waals surface area contributed by atoms with Gasteiger partial charge in [-0.1, -0.05) is 18.2 Å². The average molecular weight is 284 g/mol. The van der Waals surface area contributed by atoms with Crippen molar-refractivity contribution >= 4 is 11.6 Å². The lowest BCUT2D eigenvalue weighted by Crippen LogP contribution is -2.29. The van der Waals surface area contributed by atoms with Gasteiger partial charge < -0.3 is 15.7 Å². The SMILES string of the molecule is Cc1ccc(C(=O)N(C)C(C)c2cccc(N)c2)c(O)c1. The largest absolute Gasteiger partial charge is 0.507 e. The van der Waals surface area contributed by atoms with Gasteiger partial charge in [-0.25, -0.2) is 0 Å². The van der Waals surface area contributed by atoms with E-state index >= 15 is 0 Å². The van der Waals surface area contributed by atoms with Crippen LogP contribution >= 0.6 is 0 Å². The molecule has 1 atom stereocenters. The summed E-state index contributed by atoms with van der Waals surface area (Å²) in [5.74, 6) is -0.214. The van der Waals surface area contributed by atoms with Gasteiger partial charge >= 0.3 is 0 Å². The van der Waals surface area contributed by atoms with Crippen LogP contribution in [-0.2, 0) is 0 Å². The second kappa shape index (κ2) is 5.87. The molecule has 3 N–H and O–H groups in total. The van der Waals surface area contributed by atoms with Crippen LogP contribution in [0.3, 0.4) is 0 Å². The zero-order valence-electron chi connectivity index (χ0n) is 12.5. The maximum absolute atomic E-state index is 12.5. The molecule has 4 heteroatoms. The van der Waals surface area contributed by atoms with E-state index < -0.39 is 0 Å². The second-order valence-corrected chi connectivity index (χ2v) is 5.28. The Hall–Kier alpha value is -2.49. The summed E-state index contributed by atoms with van der Waals surface area (Å²) in [7, 11) is 1.72. The summed E-state index contributed by atoms with van der Waals surface area (Å²) in [6.07, 6.45) is 0. The summed E-state index contributed by atoms with van der Waals surface area (Å²) in [5.41, 5.74) is 8.62. The Bertz CT molecular complexity index is 668. The lowest BCUT2D eigenvalue weighted by Gasteiger charge is -2.26. The van der Waals surface area contributed by atoms with Crippen molar-refractivity contribution in [2.24, 2.45) is 0 Å². The van der Waals surface area contributed by atoms with Crippen LogP contribution in [0.15, 0.2) is 42.5 Å². The molecule has 0 aromatic heterocycles. The van der Waals surface area contributed by atoms with Crippen LogP contribution in [0.5, 0.6) is 5.75 Å². The van der Waals surface area contributed by atoms with Crippen LogP contribution in [0, 0.1) is 6.92 Å². The van der Waals surface area contributed by atoms with Gasteiger partial charge in [0.2, 0.25) is 0 Å². The molecule has 110 valence electrons. The molecule has 1 unspecified atom stereocenters. The summed E-state index contributed by atoms with van der Waals surface area (Å²) in [6, 6.07) is 12.4. The number of aromatic hydroxyl groups is 1. The number of nitrogen functional groups attached to an aromatic ring is 1. The molecule has 2 rings (SSSR count). The number of anilines is 1. The van der Waals surface area contributed by atoms with Gasteiger partial charge in [-0.15, -0.1) is 0 Å². The van der Waals surface area contributed by atoms with E-state index in [4.69, 9.17) is 5.73 Å². The molecule has 2 aromatic rings. The zero-order chi connectivity index (χ0) is 15.6. The van der Waals surface area contributed by atoms with Gasteiger partial charge in [0.1, 0.15) is 5.75 Å². The number of hydrogen-bond acceptors (Lipinski definition) is 3. The third kappa shape index (κ3) is 3.16. The quantitative estimate of drug-likeness (QED) is 0.851. The van der Waals surface area contributed by atoms with E-state index in [-0.39, 0.29) is 17.7 Å². The van der Waals surface area contributed by atoms with Crippen molar-refractivity contribution in [2.45, 2.75) is 19.9 Å². The predicted octanol–water partition coefficient (Wildman–Crippen LogP) is 3.12. The monoisotopic (exact) mass is 284 g/mol. The van der Waals surface area contributed by atoms with Crippen LogP contribution < -0.4 is 5.73 Å². The standard InChI is InChI=1S/C17H20N2O2/c1-11-7-8-15(16(20)9-11)17(21)19(3)12(2)13-5-4-6-14(18)10-13/h4-10,12,20H,18H2,1-3H3. The number of amides is 1. The molecular weight excluding hydrogens is 264 g/mol. The molecule has 0 aliphatic carbocycles. The van der Waals surface area contributed by atoms with Gasteiger partial charge in [-0.3, -0.25) is 4.79 Å². The van der Waals surface area contributed by atoms with E-state index in [1.807, 2.05) is 44.2 Å². The molecule has 0 heterocycles. The van der Waals surface area contributed by atoms with E-state index in [2.05, 4.69) is 0 Å². The Kier molecular flexibility index (Phi) is 4.17. The van der Waals surface area contributed by atoms with Gasteiger partial charge in [0, 0.05) is 12.7 Å². The van der Waals surface area contributed by atoms with Gasteiger partial charge in [-0.2, -0.15) is 0 Å². The van der Waals surface area contributed by atoms with E-state index in [9.17, 15) is 9.90 Å². The highest BCUT2D eigenvalue weighted by atomic mass is 16.3. The number of nitrogens with two attached hydrogens (primary N) is 1. The minimum Gasteiger partial charge on any atom is -0.507 e. The molecule has 0 spiro atoms. The Morgan fingerprint density at radius 3 is 2.57 bits per heavy atom. The lowest BCUT2D eigenvalue weighted by molar-refractivity contribution is 0.0739. The number of carbonyl (C=O) groups excluding carboxylic acids is 1. The summed E-state index contributed by atoms with van der Waals surface area (Å²) in [6.45, 7) is 3.80. The third-order valence-electron chi connectivity index (χ3n) is 3.68. The summed E-state index contributed by atoms with van der Waals surface area (Å²) in [4.78, 5) is 14.1. The van der Waals surface area contributed by atoms with E-state index in [0.717, 1.165) is 11.1 Å². The van der Waals surface area contributed by atoms with Crippen molar-refractivity contribution in [3.63, 3.8) is 0 Å². The molecule has 0 saturated carbocycles. The maximum atomic E-state index is 12.5. The van der Waals surface area contributed by atoms with E-state index in [1.54, 1.807) is 24.1 Å². The topological polar surface area (TPSA) is 66.6 Å². The average Bonchev–Trinajstić information content (AvgIpc) is 2.45. The molecule has 2 aromatic carbocycles. The molecular formula is C17H20N2O2. The number of hydrogen-bond donors (Lipinski definition) is 2. The minimum absolute atomic E-state index is 0.00613. The van der Waals surface area contributed by atoms with E-state index in [1.165, 1.54) is 0 Å². The Balaban J connectivity index is 2.26. The van der Waals surface area contributed by atoms with Crippen molar-refractivity contribution < 1.29 is 9.90 Å². The molecule has 0 aliphatic heterocycles. The Labute approximate surface area is 124 Å². The van der Waals surface area contributed by atoms with Crippen molar-refractivity contribution in [1.29, 1.82) is 0 Å². The molecule has 0 saturated heterocycles. The summed E-state index contributed by atoms with van der Waals surface area (Å²) < 4.78 is 0. The number of aryl methyl sites for hydroxylation is 1. The fraction of sp³-hybridized carbons (Fsp3) is 0.235. The number of benzene rings is 2. The molecule has 0 fully saturated rings. The molecule has 1 amide bonds. The lowest BCUT2D eigenvalue weighted by atomic mass is 10.0. The van der Waals surface area contributed by atoms with Crippen LogP contribution in [0.2, 0.25) is 0 Å². The Morgan fingerprint density at radius 2 is 1.95 bits per heavy atom. The molecule has 0 aliphatic rings. The molecule has 0 bridgehead atoms. The molecule has 0 radical (unpaired) electrons. The maximum Gasteiger partial charge on any atom is 0.257 e. The normalized spacial score (nSPS) is 12.0. The molecule has 4 nitrogen and oxygen atoms in total. The highest BCUT2D eigenvalue weighted by Gasteiger charge is 2.21. The number of carbonyl (C=O) groups is 1. The first kappa shape index (κ1) is 14.9. The van der Waals surface area contributed by atoms with Crippen molar-refractivity contribution in [1.82, 2.24) is 4.90 Å². The number of rotatable bonds is 3. The summed E-state index contributed by atoms with van der Waals surface area (Å²) in [5, 5.41) is 9.94. The van der Waals surface area contributed by atoms with E-state index in [0.29, 0.717) is 11.3 Å². The number of nitrogens with zero attached hydrogens (tertiary/aromatic N) is 1.